The van der Waals surface area contributed by atoms with Gasteiger partial charge in [-0.2, -0.15) is 0 Å². The van der Waals surface area contributed by atoms with E-state index in [0.717, 1.165) is 0 Å². The Morgan fingerprint density at radius 1 is 1.39 bits per heavy atom. The Balaban J connectivity index is 1.98. The second-order valence-electron chi connectivity index (χ2n) is 5.25. The molecular weight excluding hydrogens is 322 g/mol. The van der Waals surface area contributed by atoms with Crippen molar-refractivity contribution in [3.05, 3.63) is 29.6 Å². The van der Waals surface area contributed by atoms with Gasteiger partial charge in [0, 0.05) is 31.5 Å². The van der Waals surface area contributed by atoms with Crippen LogP contribution in [0.4, 0.5) is 0 Å². The number of pyridine rings is 1. The summed E-state index contributed by atoms with van der Waals surface area (Å²) in [6.07, 6.45) is 1.77. The van der Waals surface area contributed by atoms with Gasteiger partial charge in [-0.05, 0) is 18.6 Å². The first-order chi connectivity index (χ1) is 10.9. The first-order valence-electron chi connectivity index (χ1n) is 7.16. The van der Waals surface area contributed by atoms with Gasteiger partial charge in [-0.25, -0.2) is 8.42 Å². The Morgan fingerprint density at radius 2 is 2.17 bits per heavy atom. The molecule has 1 aromatic heterocycles. The third-order valence-electron chi connectivity index (χ3n) is 3.41. The summed E-state index contributed by atoms with van der Waals surface area (Å²) in [5.41, 5.74) is 0.383. The Hall–Kier alpha value is -2.00. The molecule has 0 bridgehead atoms. The first-order valence-corrected chi connectivity index (χ1v) is 8.98. The molecule has 1 unspecified atom stereocenters. The zero-order valence-corrected chi connectivity index (χ0v) is 13.6. The van der Waals surface area contributed by atoms with E-state index in [2.05, 4.69) is 15.6 Å². The summed E-state index contributed by atoms with van der Waals surface area (Å²) in [5.74, 6) is -0.782. The molecule has 0 spiro atoms. The Labute approximate surface area is 134 Å². The summed E-state index contributed by atoms with van der Waals surface area (Å²) in [6.45, 7) is 0.718. The molecule has 1 aliphatic heterocycles. The van der Waals surface area contributed by atoms with Gasteiger partial charge in [-0.1, -0.05) is 0 Å². The highest BCUT2D eigenvalue weighted by Gasteiger charge is 2.29. The van der Waals surface area contributed by atoms with E-state index >= 15 is 0 Å². The van der Waals surface area contributed by atoms with E-state index in [1.54, 1.807) is 0 Å². The summed E-state index contributed by atoms with van der Waals surface area (Å²) in [6, 6.07) is 2.46. The van der Waals surface area contributed by atoms with E-state index in [1.165, 1.54) is 25.4 Å². The predicted octanol–water partition coefficient (Wildman–Crippen LogP) is -0.625. The normalized spacial score (nSPS) is 19.3. The highest BCUT2D eigenvalue weighted by atomic mass is 32.2. The topological polar surface area (TPSA) is 114 Å². The molecule has 1 saturated heterocycles. The predicted molar refractivity (Wildman–Crippen MR) is 83.0 cm³/mol. The molecule has 0 aromatic carbocycles. The molecular formula is C14H19N3O5S. The number of rotatable bonds is 6. The quantitative estimate of drug-likeness (QED) is 0.666. The zero-order chi connectivity index (χ0) is 16.9. The van der Waals surface area contributed by atoms with Crippen LogP contribution in [-0.4, -0.2) is 63.0 Å². The minimum Gasteiger partial charge on any atom is -0.383 e. The number of hydrogen-bond donors (Lipinski definition) is 2. The molecule has 0 aliphatic carbocycles. The molecule has 2 amide bonds. The van der Waals surface area contributed by atoms with Crippen molar-refractivity contribution >= 4 is 21.7 Å². The molecule has 126 valence electrons. The second-order valence-corrected chi connectivity index (χ2v) is 7.48. The maximum atomic E-state index is 12.2. The van der Waals surface area contributed by atoms with Crippen LogP contribution in [0.1, 0.15) is 27.3 Å². The molecule has 1 fully saturated rings. The fourth-order valence-corrected chi connectivity index (χ4v) is 3.90. The zero-order valence-electron chi connectivity index (χ0n) is 12.7. The molecule has 1 atom stereocenters. The van der Waals surface area contributed by atoms with Gasteiger partial charge in [-0.15, -0.1) is 0 Å². The summed E-state index contributed by atoms with van der Waals surface area (Å²) in [5, 5.41) is 5.28. The number of nitrogens with one attached hydrogen (secondary N) is 2. The number of amides is 2. The van der Waals surface area contributed by atoms with Gasteiger partial charge in [0.1, 0.15) is 5.69 Å². The van der Waals surface area contributed by atoms with Gasteiger partial charge in [0.05, 0.1) is 18.1 Å². The van der Waals surface area contributed by atoms with Gasteiger partial charge in [0.25, 0.3) is 11.8 Å². The SMILES string of the molecule is COCCNC(=O)c1cc(C(=O)NC2CCS(=O)(=O)C2)ccn1. The van der Waals surface area contributed by atoms with E-state index in [9.17, 15) is 18.0 Å². The molecule has 0 radical (unpaired) electrons. The van der Waals surface area contributed by atoms with Crippen LogP contribution in [0, 0.1) is 0 Å². The van der Waals surface area contributed by atoms with Crippen molar-refractivity contribution < 1.29 is 22.7 Å². The second kappa shape index (κ2) is 7.51. The molecule has 1 aliphatic rings. The molecule has 8 nitrogen and oxygen atoms in total. The Kier molecular flexibility index (Phi) is 5.67. The number of carbonyl (C=O) groups is 2. The average Bonchev–Trinajstić information content (AvgIpc) is 2.86. The van der Waals surface area contributed by atoms with Crippen LogP contribution < -0.4 is 10.6 Å². The van der Waals surface area contributed by atoms with E-state index in [4.69, 9.17) is 4.74 Å². The van der Waals surface area contributed by atoms with Gasteiger partial charge < -0.3 is 15.4 Å². The molecule has 1 aromatic rings. The number of sulfone groups is 1. The molecule has 9 heteroatoms. The minimum absolute atomic E-state index is 0.0474. The number of methoxy groups -OCH3 is 1. The number of aromatic nitrogens is 1. The summed E-state index contributed by atoms with van der Waals surface area (Å²) in [7, 11) is -1.53. The molecule has 0 saturated carbocycles. The van der Waals surface area contributed by atoms with Crippen LogP contribution in [0.5, 0.6) is 0 Å². The van der Waals surface area contributed by atoms with E-state index in [-0.39, 0.29) is 28.8 Å². The molecule has 2 N–H and O–H groups in total. The van der Waals surface area contributed by atoms with Crippen molar-refractivity contribution in [3.63, 3.8) is 0 Å². The Bertz CT molecular complexity index is 689. The van der Waals surface area contributed by atoms with Crippen LogP contribution in [0.15, 0.2) is 18.3 Å². The lowest BCUT2D eigenvalue weighted by Gasteiger charge is -2.11. The fraction of sp³-hybridized carbons (Fsp3) is 0.500. The van der Waals surface area contributed by atoms with Crippen LogP contribution in [-0.2, 0) is 14.6 Å². The van der Waals surface area contributed by atoms with E-state index in [1.807, 2.05) is 0 Å². The number of hydrogen-bond acceptors (Lipinski definition) is 6. The third-order valence-corrected chi connectivity index (χ3v) is 5.18. The van der Waals surface area contributed by atoms with Crippen LogP contribution in [0.25, 0.3) is 0 Å². The van der Waals surface area contributed by atoms with E-state index in [0.29, 0.717) is 19.6 Å². The van der Waals surface area contributed by atoms with Crippen molar-refractivity contribution in [2.75, 3.05) is 31.8 Å². The van der Waals surface area contributed by atoms with Gasteiger partial charge in [-0.3, -0.25) is 14.6 Å². The summed E-state index contributed by atoms with van der Waals surface area (Å²) in [4.78, 5) is 28.0. The van der Waals surface area contributed by atoms with Crippen molar-refractivity contribution in [2.45, 2.75) is 12.5 Å². The van der Waals surface area contributed by atoms with Gasteiger partial charge >= 0.3 is 0 Å². The minimum atomic E-state index is -3.06. The average molecular weight is 341 g/mol. The van der Waals surface area contributed by atoms with Crippen molar-refractivity contribution in [1.82, 2.24) is 15.6 Å². The van der Waals surface area contributed by atoms with Crippen molar-refractivity contribution in [3.8, 4) is 0 Å². The highest BCUT2D eigenvalue weighted by Crippen LogP contribution is 2.12. The maximum absolute atomic E-state index is 12.2. The van der Waals surface area contributed by atoms with Gasteiger partial charge in [0.15, 0.2) is 9.84 Å². The lowest BCUT2D eigenvalue weighted by molar-refractivity contribution is 0.0932. The van der Waals surface area contributed by atoms with Crippen LogP contribution in [0.2, 0.25) is 0 Å². The van der Waals surface area contributed by atoms with Crippen LogP contribution in [0.3, 0.4) is 0 Å². The monoisotopic (exact) mass is 341 g/mol. The van der Waals surface area contributed by atoms with Crippen molar-refractivity contribution in [2.24, 2.45) is 0 Å². The number of carbonyl (C=O) groups excluding carboxylic acids is 2. The van der Waals surface area contributed by atoms with Crippen LogP contribution >= 0.6 is 0 Å². The maximum Gasteiger partial charge on any atom is 0.269 e. The Morgan fingerprint density at radius 3 is 2.83 bits per heavy atom. The number of nitrogens with zero attached hydrogens (tertiary/aromatic N) is 1. The lowest BCUT2D eigenvalue weighted by Crippen LogP contribution is -2.36. The standard InChI is InChI=1S/C14H19N3O5S/c1-22-6-5-16-14(19)12-8-10(2-4-15-12)13(18)17-11-3-7-23(20,21)9-11/h2,4,8,11H,3,5-7,9H2,1H3,(H,16,19)(H,17,18). The largest absolute Gasteiger partial charge is 0.383 e. The van der Waals surface area contributed by atoms with Gasteiger partial charge in [0.2, 0.25) is 0 Å². The summed E-state index contributed by atoms with van der Waals surface area (Å²) < 4.78 is 27.6. The number of ether oxygens (including phenoxy) is 1. The highest BCUT2D eigenvalue weighted by molar-refractivity contribution is 7.91. The van der Waals surface area contributed by atoms with E-state index < -0.39 is 21.7 Å². The van der Waals surface area contributed by atoms with Crippen molar-refractivity contribution in [1.29, 1.82) is 0 Å². The third kappa shape index (κ3) is 5.00. The lowest BCUT2D eigenvalue weighted by atomic mass is 10.2. The smallest absolute Gasteiger partial charge is 0.269 e. The first kappa shape index (κ1) is 17.4. The molecule has 2 rings (SSSR count). The molecule has 23 heavy (non-hydrogen) atoms. The molecule has 2 heterocycles. The fourth-order valence-electron chi connectivity index (χ4n) is 2.23. The summed E-state index contributed by atoms with van der Waals surface area (Å²) >= 11 is 0.